The number of rotatable bonds is 7. The number of aromatic nitrogens is 4. The van der Waals surface area contributed by atoms with Crippen molar-refractivity contribution in [1.82, 2.24) is 19.7 Å². The minimum Gasteiger partial charge on any atom is -0.322 e. The second-order valence-electron chi connectivity index (χ2n) is 9.63. The Hall–Kier alpha value is -4.14. The van der Waals surface area contributed by atoms with Crippen LogP contribution in [0.3, 0.4) is 0 Å². The van der Waals surface area contributed by atoms with Crippen molar-refractivity contribution in [3.05, 3.63) is 83.5 Å². The quantitative estimate of drug-likeness (QED) is 0.278. The standard InChI is InChI=1S/C27H24N6O5S3/c1-17-24-22(26(34)29-19-7-9-21(10-8-19)41(37,38)32-27-28-12-13-39-27)15-23(18-5-3-2-4-6-18)30-25(24)33(31-17)20-11-14-40(35,36)16-20/h2-10,12-13,15,20H,11,14,16H2,1H3,(H,28,32)(H,29,34). The molecular weight excluding hydrogens is 585 g/mol. The predicted molar refractivity (Wildman–Crippen MR) is 157 cm³/mol. The van der Waals surface area contributed by atoms with Crippen molar-refractivity contribution < 1.29 is 21.6 Å². The fraction of sp³-hybridized carbons (Fsp3) is 0.185. The smallest absolute Gasteiger partial charge is 0.263 e. The number of fused-ring (bicyclic) bond motifs is 1. The summed E-state index contributed by atoms with van der Waals surface area (Å²) in [6, 6.07) is 16.5. The maximum absolute atomic E-state index is 13.7. The molecule has 210 valence electrons. The lowest BCUT2D eigenvalue weighted by molar-refractivity contribution is 0.102. The number of anilines is 2. The summed E-state index contributed by atoms with van der Waals surface area (Å²) in [4.78, 5) is 22.5. The van der Waals surface area contributed by atoms with Gasteiger partial charge in [0.05, 0.1) is 44.8 Å². The summed E-state index contributed by atoms with van der Waals surface area (Å²) < 4.78 is 53.8. The molecule has 1 aliphatic rings. The minimum absolute atomic E-state index is 0.0204. The van der Waals surface area contributed by atoms with Crippen molar-refractivity contribution in [2.45, 2.75) is 24.3 Å². The molecule has 0 bridgehead atoms. The zero-order valence-electron chi connectivity index (χ0n) is 21.7. The molecule has 41 heavy (non-hydrogen) atoms. The highest BCUT2D eigenvalue weighted by Crippen LogP contribution is 2.32. The van der Waals surface area contributed by atoms with Crippen LogP contribution in [0.5, 0.6) is 0 Å². The van der Waals surface area contributed by atoms with Gasteiger partial charge < -0.3 is 5.32 Å². The predicted octanol–water partition coefficient (Wildman–Crippen LogP) is 4.28. The normalized spacial score (nSPS) is 16.6. The number of amides is 1. The number of thiazole rings is 1. The van der Waals surface area contributed by atoms with Crippen molar-refractivity contribution in [2.75, 3.05) is 21.5 Å². The first kappa shape index (κ1) is 27.1. The van der Waals surface area contributed by atoms with Crippen LogP contribution in [-0.2, 0) is 19.9 Å². The van der Waals surface area contributed by atoms with Crippen LogP contribution in [0, 0.1) is 6.92 Å². The summed E-state index contributed by atoms with van der Waals surface area (Å²) in [5.41, 5.74) is 3.03. The molecule has 1 fully saturated rings. The van der Waals surface area contributed by atoms with Crippen LogP contribution >= 0.6 is 11.3 Å². The number of hydrogen-bond donors (Lipinski definition) is 2. The molecule has 5 aromatic rings. The van der Waals surface area contributed by atoms with Gasteiger partial charge in [0.15, 0.2) is 20.6 Å². The van der Waals surface area contributed by atoms with Crippen LogP contribution in [0.15, 0.2) is 77.1 Å². The Morgan fingerprint density at radius 3 is 2.51 bits per heavy atom. The Bertz CT molecular complexity index is 1970. The van der Waals surface area contributed by atoms with Crippen molar-refractivity contribution in [1.29, 1.82) is 0 Å². The molecule has 11 nitrogen and oxygen atoms in total. The van der Waals surface area contributed by atoms with Gasteiger partial charge in [-0.05, 0) is 43.7 Å². The van der Waals surface area contributed by atoms with Crippen molar-refractivity contribution in [2.24, 2.45) is 0 Å². The number of benzene rings is 2. The van der Waals surface area contributed by atoms with E-state index in [1.807, 2.05) is 30.3 Å². The van der Waals surface area contributed by atoms with Gasteiger partial charge in [0.2, 0.25) is 0 Å². The lowest BCUT2D eigenvalue weighted by Gasteiger charge is -2.13. The van der Waals surface area contributed by atoms with Gasteiger partial charge in [-0.2, -0.15) is 5.10 Å². The highest BCUT2D eigenvalue weighted by Gasteiger charge is 2.32. The molecule has 1 amide bonds. The molecule has 3 aromatic heterocycles. The topological polar surface area (TPSA) is 153 Å². The third kappa shape index (κ3) is 5.45. The average molecular weight is 609 g/mol. The number of pyridine rings is 1. The largest absolute Gasteiger partial charge is 0.322 e. The van der Waals surface area contributed by atoms with Gasteiger partial charge in [-0.25, -0.2) is 31.5 Å². The van der Waals surface area contributed by atoms with E-state index in [1.54, 1.807) is 23.1 Å². The first-order valence-electron chi connectivity index (χ1n) is 12.6. The van der Waals surface area contributed by atoms with E-state index >= 15 is 0 Å². The highest BCUT2D eigenvalue weighted by molar-refractivity contribution is 7.93. The molecule has 6 rings (SSSR count). The summed E-state index contributed by atoms with van der Waals surface area (Å²) in [7, 11) is -7.02. The van der Waals surface area contributed by atoms with Crippen LogP contribution in [0.25, 0.3) is 22.3 Å². The molecule has 1 unspecified atom stereocenters. The minimum atomic E-state index is -3.84. The van der Waals surface area contributed by atoms with E-state index < -0.39 is 25.8 Å². The monoisotopic (exact) mass is 608 g/mol. The fourth-order valence-electron chi connectivity index (χ4n) is 4.84. The molecular formula is C27H24N6O5S3. The Balaban J connectivity index is 1.36. The number of carbonyl (C=O) groups excluding carboxylic acids is 1. The maximum Gasteiger partial charge on any atom is 0.263 e. The number of nitrogens with one attached hydrogen (secondary N) is 2. The van der Waals surface area contributed by atoms with Gasteiger partial charge in [0.25, 0.3) is 15.9 Å². The molecule has 1 aliphatic heterocycles. The molecule has 0 aliphatic carbocycles. The summed E-state index contributed by atoms with van der Waals surface area (Å²) in [5, 5.41) is 9.91. The van der Waals surface area contributed by atoms with Crippen LogP contribution in [0.1, 0.15) is 28.5 Å². The molecule has 0 radical (unpaired) electrons. The first-order valence-corrected chi connectivity index (χ1v) is 16.8. The van der Waals surface area contributed by atoms with Crippen molar-refractivity contribution in [3.63, 3.8) is 0 Å². The van der Waals surface area contributed by atoms with Gasteiger partial charge >= 0.3 is 0 Å². The highest BCUT2D eigenvalue weighted by atomic mass is 32.2. The van der Waals surface area contributed by atoms with Crippen LogP contribution in [0.2, 0.25) is 0 Å². The summed E-state index contributed by atoms with van der Waals surface area (Å²) in [5.74, 6) is -0.392. The molecule has 1 atom stereocenters. The summed E-state index contributed by atoms with van der Waals surface area (Å²) >= 11 is 1.16. The molecule has 14 heteroatoms. The molecule has 1 saturated heterocycles. The number of aryl methyl sites for hydroxylation is 1. The van der Waals surface area contributed by atoms with Gasteiger partial charge in [0, 0.05) is 22.8 Å². The zero-order chi connectivity index (χ0) is 28.8. The Morgan fingerprint density at radius 2 is 1.85 bits per heavy atom. The lowest BCUT2D eigenvalue weighted by atomic mass is 10.0. The van der Waals surface area contributed by atoms with E-state index in [2.05, 4.69) is 20.1 Å². The average Bonchev–Trinajstić information content (AvgIpc) is 3.67. The molecule has 0 spiro atoms. The summed E-state index contributed by atoms with van der Waals surface area (Å²) in [6.45, 7) is 1.76. The molecule has 4 heterocycles. The van der Waals surface area contributed by atoms with E-state index in [0.717, 1.165) is 16.9 Å². The zero-order valence-corrected chi connectivity index (χ0v) is 24.1. The SMILES string of the molecule is Cc1nn(C2CCS(=O)(=O)C2)c2nc(-c3ccccc3)cc(C(=O)Nc3ccc(S(=O)(=O)Nc4nccs4)cc3)c12. The lowest BCUT2D eigenvalue weighted by Crippen LogP contribution is -2.15. The van der Waals surface area contributed by atoms with Crippen molar-refractivity contribution >= 4 is 59.0 Å². The molecule has 2 aromatic carbocycles. The Morgan fingerprint density at radius 1 is 1.10 bits per heavy atom. The van der Waals surface area contributed by atoms with Crippen LogP contribution in [-0.4, -0.2) is 54.0 Å². The number of sulfone groups is 1. The fourth-order valence-corrected chi connectivity index (χ4v) is 8.32. The number of nitrogens with zero attached hydrogens (tertiary/aromatic N) is 4. The number of hydrogen-bond acceptors (Lipinski definition) is 9. The second kappa shape index (κ2) is 10.4. The van der Waals surface area contributed by atoms with E-state index in [4.69, 9.17) is 4.98 Å². The van der Waals surface area contributed by atoms with Gasteiger partial charge in [-0.15, -0.1) is 11.3 Å². The Labute approximate surface area is 240 Å². The molecule has 0 saturated carbocycles. The first-order chi connectivity index (χ1) is 19.6. The van der Waals surface area contributed by atoms with Gasteiger partial charge in [-0.3, -0.25) is 9.52 Å². The maximum atomic E-state index is 13.7. The third-order valence-corrected chi connectivity index (χ3v) is 10.7. The second-order valence-corrected chi connectivity index (χ2v) is 14.4. The van der Waals surface area contributed by atoms with Gasteiger partial charge in [0.1, 0.15) is 0 Å². The van der Waals surface area contributed by atoms with Crippen LogP contribution < -0.4 is 10.0 Å². The third-order valence-electron chi connectivity index (χ3n) is 6.78. The van der Waals surface area contributed by atoms with E-state index in [-0.39, 0.29) is 27.6 Å². The van der Waals surface area contributed by atoms with E-state index in [0.29, 0.717) is 40.1 Å². The van der Waals surface area contributed by atoms with Crippen molar-refractivity contribution in [3.8, 4) is 11.3 Å². The van der Waals surface area contributed by atoms with E-state index in [1.165, 1.54) is 30.5 Å². The van der Waals surface area contributed by atoms with Crippen LogP contribution in [0.4, 0.5) is 10.8 Å². The number of sulfonamides is 1. The summed E-state index contributed by atoms with van der Waals surface area (Å²) in [6.07, 6.45) is 1.92. The van der Waals surface area contributed by atoms with Gasteiger partial charge in [-0.1, -0.05) is 30.3 Å². The number of carbonyl (C=O) groups is 1. The Kier molecular flexibility index (Phi) is 6.83. The van der Waals surface area contributed by atoms with E-state index in [9.17, 15) is 21.6 Å². The molecule has 2 N–H and O–H groups in total.